The summed E-state index contributed by atoms with van der Waals surface area (Å²) in [7, 11) is 0. The Bertz CT molecular complexity index is 321. The van der Waals surface area contributed by atoms with E-state index in [1.165, 1.54) is 51.4 Å². The molecule has 2 rings (SSSR count). The summed E-state index contributed by atoms with van der Waals surface area (Å²) >= 11 is 0. The van der Waals surface area contributed by atoms with E-state index in [1.807, 2.05) is 0 Å². The fraction of sp³-hybridized carbons (Fsp3) is 0.778. The molecule has 0 saturated heterocycles. The minimum Gasteiger partial charge on any atom is -0.0853 e. The van der Waals surface area contributed by atoms with Crippen LogP contribution in [0.4, 0.5) is 0 Å². The van der Waals surface area contributed by atoms with Gasteiger partial charge in [0.2, 0.25) is 0 Å². The van der Waals surface area contributed by atoms with Crippen LogP contribution >= 0.6 is 0 Å². The molecule has 3 unspecified atom stereocenters. The molecule has 0 radical (unpaired) electrons. The van der Waals surface area contributed by atoms with Crippen molar-refractivity contribution in [2.75, 3.05) is 0 Å². The summed E-state index contributed by atoms with van der Waals surface area (Å²) in [5.41, 5.74) is 3.40. The molecule has 0 spiro atoms. The number of rotatable bonds is 4. The lowest BCUT2D eigenvalue weighted by Gasteiger charge is -2.29. The highest BCUT2D eigenvalue weighted by molar-refractivity contribution is 5.11. The molecule has 102 valence electrons. The van der Waals surface area contributed by atoms with Gasteiger partial charge in [-0.2, -0.15) is 0 Å². The van der Waals surface area contributed by atoms with Gasteiger partial charge in [0.05, 0.1) is 0 Å². The van der Waals surface area contributed by atoms with Crippen LogP contribution in [0.25, 0.3) is 0 Å². The lowest BCUT2D eigenvalue weighted by Crippen LogP contribution is -2.17. The van der Waals surface area contributed by atoms with Gasteiger partial charge in [-0.1, -0.05) is 37.1 Å². The maximum atomic E-state index is 2.51. The first-order valence-electron chi connectivity index (χ1n) is 8.05. The van der Waals surface area contributed by atoms with Gasteiger partial charge in [-0.05, 0) is 76.0 Å². The second kappa shape index (κ2) is 6.59. The molecular formula is C18H30. The molecule has 0 aromatic carbocycles. The van der Waals surface area contributed by atoms with Gasteiger partial charge in [-0.15, -0.1) is 0 Å². The van der Waals surface area contributed by atoms with Gasteiger partial charge < -0.3 is 0 Å². The largest absolute Gasteiger partial charge is 0.0853 e. The fourth-order valence-electron chi connectivity index (χ4n) is 3.89. The highest BCUT2D eigenvalue weighted by Gasteiger charge is 2.26. The van der Waals surface area contributed by atoms with Crippen LogP contribution in [-0.2, 0) is 0 Å². The van der Waals surface area contributed by atoms with Crippen LogP contribution in [0, 0.1) is 17.8 Å². The summed E-state index contributed by atoms with van der Waals surface area (Å²) in [6.45, 7) is 7.07. The summed E-state index contributed by atoms with van der Waals surface area (Å²) in [6, 6.07) is 0. The van der Waals surface area contributed by atoms with E-state index in [-0.39, 0.29) is 0 Å². The average molecular weight is 246 g/mol. The molecule has 3 atom stereocenters. The van der Waals surface area contributed by atoms with Crippen LogP contribution in [0.3, 0.4) is 0 Å². The zero-order chi connectivity index (χ0) is 13.0. The molecule has 0 aromatic rings. The van der Waals surface area contributed by atoms with Crippen LogP contribution in [0.15, 0.2) is 23.3 Å². The second-order valence-corrected chi connectivity index (χ2v) is 6.57. The summed E-state index contributed by atoms with van der Waals surface area (Å²) in [5.74, 6) is 2.79. The maximum Gasteiger partial charge on any atom is -0.0200 e. The first-order chi connectivity index (χ1) is 8.70. The van der Waals surface area contributed by atoms with E-state index in [1.54, 1.807) is 11.1 Å². The third-order valence-electron chi connectivity index (χ3n) is 5.15. The van der Waals surface area contributed by atoms with Gasteiger partial charge in [-0.3, -0.25) is 0 Å². The summed E-state index contributed by atoms with van der Waals surface area (Å²) in [6.07, 6.45) is 16.1. The zero-order valence-corrected chi connectivity index (χ0v) is 12.5. The van der Waals surface area contributed by atoms with E-state index < -0.39 is 0 Å². The Morgan fingerprint density at radius 3 is 2.83 bits per heavy atom. The smallest absolute Gasteiger partial charge is 0.0200 e. The van der Waals surface area contributed by atoms with Gasteiger partial charge in [0.25, 0.3) is 0 Å². The van der Waals surface area contributed by atoms with Crippen molar-refractivity contribution in [1.29, 1.82) is 0 Å². The number of allylic oxidation sites excluding steroid dienone is 4. The maximum absolute atomic E-state index is 2.51. The van der Waals surface area contributed by atoms with Gasteiger partial charge in [-0.25, -0.2) is 0 Å². The number of hydrogen-bond acceptors (Lipinski definition) is 0. The minimum atomic E-state index is 0.915. The van der Waals surface area contributed by atoms with Crippen LogP contribution in [0.1, 0.15) is 72.1 Å². The molecule has 0 aromatic heterocycles. The molecule has 0 amide bonds. The van der Waals surface area contributed by atoms with Crippen LogP contribution in [-0.4, -0.2) is 0 Å². The van der Waals surface area contributed by atoms with Crippen LogP contribution in [0.5, 0.6) is 0 Å². The molecule has 1 fully saturated rings. The summed E-state index contributed by atoms with van der Waals surface area (Å²) < 4.78 is 0. The molecule has 2 aliphatic carbocycles. The van der Waals surface area contributed by atoms with Crippen molar-refractivity contribution in [1.82, 2.24) is 0 Å². The van der Waals surface area contributed by atoms with Gasteiger partial charge >= 0.3 is 0 Å². The molecule has 0 heteroatoms. The predicted octanol–water partition coefficient (Wildman–Crippen LogP) is 5.90. The van der Waals surface area contributed by atoms with Crippen molar-refractivity contribution in [3.8, 4) is 0 Å². The molecule has 0 heterocycles. The summed E-state index contributed by atoms with van der Waals surface area (Å²) in [4.78, 5) is 0. The van der Waals surface area contributed by atoms with Crippen molar-refractivity contribution < 1.29 is 0 Å². The minimum absolute atomic E-state index is 0.915. The standard InChI is InChI=1S/C18H30/c1-4-6-17-7-5-8-18(17)13-15(3)16-11-9-14(2)10-12-16/h6,9,15-16,18H,4-5,7-8,10-13H2,1-3H3. The molecule has 0 bridgehead atoms. The van der Waals surface area contributed by atoms with Gasteiger partial charge in [0.1, 0.15) is 0 Å². The molecule has 0 aliphatic heterocycles. The van der Waals surface area contributed by atoms with Crippen molar-refractivity contribution in [3.05, 3.63) is 23.3 Å². The molecule has 0 N–H and O–H groups in total. The normalized spacial score (nSPS) is 32.6. The van der Waals surface area contributed by atoms with E-state index in [4.69, 9.17) is 0 Å². The predicted molar refractivity (Wildman–Crippen MR) is 80.6 cm³/mol. The Morgan fingerprint density at radius 2 is 2.17 bits per heavy atom. The SMILES string of the molecule is CCC=C1CCCC1CC(C)C1CC=C(C)CC1. The Labute approximate surface area is 114 Å². The number of hydrogen-bond donors (Lipinski definition) is 0. The molecular weight excluding hydrogens is 216 g/mol. The Hall–Kier alpha value is -0.520. The van der Waals surface area contributed by atoms with E-state index >= 15 is 0 Å². The van der Waals surface area contributed by atoms with E-state index in [2.05, 4.69) is 32.9 Å². The first-order valence-corrected chi connectivity index (χ1v) is 8.05. The second-order valence-electron chi connectivity index (χ2n) is 6.57. The quantitative estimate of drug-likeness (QED) is 0.542. The Kier molecular flexibility index (Phi) is 5.09. The first kappa shape index (κ1) is 13.9. The summed E-state index contributed by atoms with van der Waals surface area (Å²) in [5, 5.41) is 0. The third-order valence-corrected chi connectivity index (χ3v) is 5.15. The van der Waals surface area contributed by atoms with Crippen molar-refractivity contribution >= 4 is 0 Å². The van der Waals surface area contributed by atoms with E-state index in [9.17, 15) is 0 Å². The molecule has 1 saturated carbocycles. The Morgan fingerprint density at radius 1 is 1.33 bits per heavy atom. The van der Waals surface area contributed by atoms with Gasteiger partial charge in [0, 0.05) is 0 Å². The van der Waals surface area contributed by atoms with Crippen LogP contribution < -0.4 is 0 Å². The van der Waals surface area contributed by atoms with Crippen molar-refractivity contribution in [3.63, 3.8) is 0 Å². The lowest BCUT2D eigenvalue weighted by molar-refractivity contribution is 0.282. The molecule has 18 heavy (non-hydrogen) atoms. The lowest BCUT2D eigenvalue weighted by atomic mass is 9.77. The van der Waals surface area contributed by atoms with Crippen LogP contribution in [0.2, 0.25) is 0 Å². The average Bonchev–Trinajstić information content (AvgIpc) is 2.78. The zero-order valence-electron chi connectivity index (χ0n) is 12.5. The highest BCUT2D eigenvalue weighted by Crippen LogP contribution is 2.39. The Balaban J connectivity index is 1.87. The third kappa shape index (κ3) is 3.49. The van der Waals surface area contributed by atoms with Crippen molar-refractivity contribution in [2.45, 2.75) is 72.1 Å². The molecule has 0 nitrogen and oxygen atoms in total. The van der Waals surface area contributed by atoms with Crippen molar-refractivity contribution in [2.24, 2.45) is 17.8 Å². The highest BCUT2D eigenvalue weighted by atomic mass is 14.3. The van der Waals surface area contributed by atoms with Gasteiger partial charge in [0.15, 0.2) is 0 Å². The topological polar surface area (TPSA) is 0 Å². The fourth-order valence-corrected chi connectivity index (χ4v) is 3.89. The van der Waals surface area contributed by atoms with E-state index in [0.29, 0.717) is 0 Å². The monoisotopic (exact) mass is 246 g/mol. The molecule has 2 aliphatic rings. The van der Waals surface area contributed by atoms with E-state index in [0.717, 1.165) is 17.8 Å².